The van der Waals surface area contributed by atoms with Gasteiger partial charge >= 0.3 is 0 Å². The predicted octanol–water partition coefficient (Wildman–Crippen LogP) is 4.42. The third kappa shape index (κ3) is 4.03. The van der Waals surface area contributed by atoms with Crippen LogP contribution in [-0.2, 0) is 6.42 Å². The van der Waals surface area contributed by atoms with Crippen LogP contribution in [0.2, 0.25) is 0 Å². The smallest absolute Gasteiger partial charge is 0.259 e. The first-order valence-electron chi connectivity index (χ1n) is 8.06. The number of hydrogen-bond acceptors (Lipinski definition) is 5. The van der Waals surface area contributed by atoms with Crippen LogP contribution in [0.25, 0.3) is 11.3 Å². The van der Waals surface area contributed by atoms with E-state index in [-0.39, 0.29) is 5.91 Å². The summed E-state index contributed by atoms with van der Waals surface area (Å²) < 4.78 is 5.21. The summed E-state index contributed by atoms with van der Waals surface area (Å²) in [6.07, 6.45) is 5.12. The molecule has 0 atom stereocenters. The van der Waals surface area contributed by atoms with Gasteiger partial charge in [-0.1, -0.05) is 13.3 Å². The number of anilines is 1. The Bertz CT molecular complexity index is 845. The molecule has 0 aliphatic carbocycles. The Kier molecular flexibility index (Phi) is 5.40. The number of pyridine rings is 1. The molecule has 0 saturated carbocycles. The Morgan fingerprint density at radius 2 is 2.04 bits per heavy atom. The Labute approximate surface area is 150 Å². The third-order valence-electron chi connectivity index (χ3n) is 3.68. The first kappa shape index (κ1) is 17.1. The number of carbonyl (C=O) groups excluding carboxylic acids is 1. The first-order valence-corrected chi connectivity index (χ1v) is 8.88. The maximum absolute atomic E-state index is 12.3. The van der Waals surface area contributed by atoms with E-state index < -0.39 is 0 Å². The molecule has 25 heavy (non-hydrogen) atoms. The summed E-state index contributed by atoms with van der Waals surface area (Å²) in [7, 11) is 1.65. The highest BCUT2D eigenvalue weighted by atomic mass is 32.1. The van der Waals surface area contributed by atoms with Crippen molar-refractivity contribution in [2.24, 2.45) is 0 Å². The number of rotatable bonds is 6. The molecule has 3 aromatic rings. The van der Waals surface area contributed by atoms with Crippen LogP contribution in [0.4, 0.5) is 5.13 Å². The van der Waals surface area contributed by atoms with Gasteiger partial charge in [0.05, 0.1) is 18.4 Å². The van der Waals surface area contributed by atoms with E-state index in [0.29, 0.717) is 10.7 Å². The van der Waals surface area contributed by atoms with Crippen LogP contribution in [0.15, 0.2) is 48.8 Å². The van der Waals surface area contributed by atoms with Crippen LogP contribution in [0.3, 0.4) is 0 Å². The topological polar surface area (TPSA) is 64.1 Å². The van der Waals surface area contributed by atoms with Crippen molar-refractivity contribution in [2.45, 2.75) is 19.8 Å². The molecule has 0 fully saturated rings. The van der Waals surface area contributed by atoms with E-state index in [2.05, 4.69) is 22.2 Å². The zero-order chi connectivity index (χ0) is 17.6. The van der Waals surface area contributed by atoms with E-state index in [1.807, 2.05) is 24.3 Å². The van der Waals surface area contributed by atoms with Crippen LogP contribution < -0.4 is 10.1 Å². The Morgan fingerprint density at radius 3 is 2.68 bits per heavy atom. The van der Waals surface area contributed by atoms with E-state index >= 15 is 0 Å². The van der Waals surface area contributed by atoms with Gasteiger partial charge in [0.15, 0.2) is 5.13 Å². The lowest BCUT2D eigenvalue weighted by atomic mass is 10.1. The number of thiazole rings is 1. The summed E-state index contributed by atoms with van der Waals surface area (Å²) in [4.78, 5) is 22.1. The molecule has 6 heteroatoms. The third-order valence-corrected chi connectivity index (χ3v) is 4.71. The molecule has 0 saturated heterocycles. The minimum absolute atomic E-state index is 0.203. The Morgan fingerprint density at radius 1 is 1.24 bits per heavy atom. The van der Waals surface area contributed by atoms with Crippen molar-refractivity contribution in [3.05, 3.63) is 59.2 Å². The molecule has 3 rings (SSSR count). The maximum Gasteiger partial charge on any atom is 0.259 e. The second-order valence-electron chi connectivity index (χ2n) is 5.47. The van der Waals surface area contributed by atoms with Gasteiger partial charge < -0.3 is 4.74 Å². The van der Waals surface area contributed by atoms with Gasteiger partial charge in [0, 0.05) is 22.8 Å². The van der Waals surface area contributed by atoms with Gasteiger partial charge in [-0.2, -0.15) is 0 Å². The molecule has 1 amide bonds. The normalized spacial score (nSPS) is 10.5. The number of ether oxygens (including phenoxy) is 1. The van der Waals surface area contributed by atoms with Gasteiger partial charge in [-0.3, -0.25) is 15.1 Å². The summed E-state index contributed by atoms with van der Waals surface area (Å²) in [6.45, 7) is 2.13. The highest BCUT2D eigenvalue weighted by Gasteiger charge is 2.15. The molecule has 0 aliphatic rings. The number of carbonyl (C=O) groups is 1. The monoisotopic (exact) mass is 353 g/mol. The summed E-state index contributed by atoms with van der Waals surface area (Å²) in [5.74, 6) is 0.604. The van der Waals surface area contributed by atoms with Crippen molar-refractivity contribution in [1.29, 1.82) is 0 Å². The molecule has 0 bridgehead atoms. The summed E-state index contributed by atoms with van der Waals surface area (Å²) >= 11 is 1.52. The average Bonchev–Trinajstić information content (AvgIpc) is 3.05. The van der Waals surface area contributed by atoms with Crippen molar-refractivity contribution in [2.75, 3.05) is 12.4 Å². The van der Waals surface area contributed by atoms with Gasteiger partial charge in [0.1, 0.15) is 5.75 Å². The van der Waals surface area contributed by atoms with Crippen LogP contribution in [0, 0.1) is 0 Å². The molecule has 1 N–H and O–H groups in total. The number of nitrogens with one attached hydrogen (secondary N) is 1. The van der Waals surface area contributed by atoms with E-state index in [4.69, 9.17) is 4.74 Å². The standard InChI is InChI=1S/C19H19N3O2S/c1-3-5-16-17(13-7-9-15(24-2)10-8-13)21-19(25-16)22-18(23)14-6-4-11-20-12-14/h4,6-12H,3,5H2,1-2H3,(H,21,22,23). The fourth-order valence-corrected chi connectivity index (χ4v) is 3.52. The summed E-state index contributed by atoms with van der Waals surface area (Å²) in [5.41, 5.74) is 2.44. The lowest BCUT2D eigenvalue weighted by Crippen LogP contribution is -2.11. The second-order valence-corrected chi connectivity index (χ2v) is 6.55. The molecule has 2 heterocycles. The highest BCUT2D eigenvalue weighted by Crippen LogP contribution is 2.33. The second kappa shape index (κ2) is 7.90. The fraction of sp³-hybridized carbons (Fsp3) is 0.211. The molecular weight excluding hydrogens is 334 g/mol. The lowest BCUT2D eigenvalue weighted by Gasteiger charge is -2.03. The van der Waals surface area contributed by atoms with Crippen molar-refractivity contribution >= 4 is 22.4 Å². The van der Waals surface area contributed by atoms with Crippen LogP contribution >= 0.6 is 11.3 Å². The molecule has 0 aliphatic heterocycles. The number of hydrogen-bond donors (Lipinski definition) is 1. The van der Waals surface area contributed by atoms with Gasteiger partial charge in [-0.25, -0.2) is 4.98 Å². The first-order chi connectivity index (χ1) is 12.2. The quantitative estimate of drug-likeness (QED) is 0.712. The molecular formula is C19H19N3O2S. The van der Waals surface area contributed by atoms with Gasteiger partial charge in [-0.15, -0.1) is 11.3 Å². The zero-order valence-corrected chi connectivity index (χ0v) is 15.0. The van der Waals surface area contributed by atoms with E-state index in [1.54, 1.807) is 31.6 Å². The summed E-state index contributed by atoms with van der Waals surface area (Å²) in [5, 5.41) is 3.47. The summed E-state index contributed by atoms with van der Waals surface area (Å²) in [6, 6.07) is 11.3. The van der Waals surface area contributed by atoms with Crippen molar-refractivity contribution in [3.8, 4) is 17.0 Å². The largest absolute Gasteiger partial charge is 0.497 e. The number of amides is 1. The number of aryl methyl sites for hydroxylation is 1. The number of aromatic nitrogens is 2. The van der Waals surface area contributed by atoms with Crippen molar-refractivity contribution < 1.29 is 9.53 Å². The number of nitrogens with zero attached hydrogens (tertiary/aromatic N) is 2. The fourth-order valence-electron chi connectivity index (χ4n) is 2.44. The number of benzene rings is 1. The molecule has 1 aromatic carbocycles. The van der Waals surface area contributed by atoms with Crippen molar-refractivity contribution in [1.82, 2.24) is 9.97 Å². The number of methoxy groups -OCH3 is 1. The molecule has 2 aromatic heterocycles. The maximum atomic E-state index is 12.3. The van der Waals surface area contributed by atoms with Crippen LogP contribution in [0.1, 0.15) is 28.6 Å². The van der Waals surface area contributed by atoms with Crippen molar-refractivity contribution in [3.63, 3.8) is 0 Å². The van der Waals surface area contributed by atoms with Gasteiger partial charge in [-0.05, 0) is 42.8 Å². The predicted molar refractivity (Wildman–Crippen MR) is 100 cm³/mol. The Hall–Kier alpha value is -2.73. The van der Waals surface area contributed by atoms with Crippen LogP contribution in [0.5, 0.6) is 5.75 Å². The molecule has 128 valence electrons. The molecule has 0 spiro atoms. The van der Waals surface area contributed by atoms with E-state index in [9.17, 15) is 4.79 Å². The minimum atomic E-state index is -0.203. The lowest BCUT2D eigenvalue weighted by molar-refractivity contribution is 0.102. The molecule has 0 radical (unpaired) electrons. The SMILES string of the molecule is CCCc1sc(NC(=O)c2cccnc2)nc1-c1ccc(OC)cc1. The Balaban J connectivity index is 1.87. The van der Waals surface area contributed by atoms with Gasteiger partial charge in [0.2, 0.25) is 0 Å². The minimum Gasteiger partial charge on any atom is -0.497 e. The zero-order valence-electron chi connectivity index (χ0n) is 14.2. The van der Waals surface area contributed by atoms with E-state index in [1.165, 1.54) is 11.3 Å². The van der Waals surface area contributed by atoms with E-state index in [0.717, 1.165) is 34.7 Å². The molecule has 0 unspecified atom stereocenters. The average molecular weight is 353 g/mol. The van der Waals surface area contributed by atoms with Gasteiger partial charge in [0.25, 0.3) is 5.91 Å². The van der Waals surface area contributed by atoms with Crippen LogP contribution in [-0.4, -0.2) is 23.0 Å². The molecule has 5 nitrogen and oxygen atoms in total. The highest BCUT2D eigenvalue weighted by molar-refractivity contribution is 7.16.